The van der Waals surface area contributed by atoms with Crippen LogP contribution in [0.1, 0.15) is 30.9 Å². The first kappa shape index (κ1) is 14.7. The Morgan fingerprint density at radius 2 is 2.18 bits per heavy atom. The van der Waals surface area contributed by atoms with E-state index in [1.807, 2.05) is 18.2 Å². The van der Waals surface area contributed by atoms with Gasteiger partial charge in [0, 0.05) is 43.6 Å². The highest BCUT2D eigenvalue weighted by molar-refractivity contribution is 5.66. The summed E-state index contributed by atoms with van der Waals surface area (Å²) in [5, 5.41) is 23.4. The molecular formula is C16H22N4O2. The first-order valence-corrected chi connectivity index (χ1v) is 7.55. The molecular weight excluding hydrogens is 280 g/mol. The van der Waals surface area contributed by atoms with Crippen molar-refractivity contribution in [2.45, 2.75) is 31.3 Å². The molecule has 1 aromatic carbocycles. The fraction of sp³-hybridized carbons (Fsp3) is 0.438. The topological polar surface area (TPSA) is 82.2 Å². The van der Waals surface area contributed by atoms with Gasteiger partial charge in [-0.15, -0.1) is 0 Å². The van der Waals surface area contributed by atoms with E-state index in [1.54, 1.807) is 20.2 Å². The molecule has 0 saturated heterocycles. The summed E-state index contributed by atoms with van der Waals surface area (Å²) in [7, 11) is 3.55. The predicted molar refractivity (Wildman–Crippen MR) is 86.9 cm³/mol. The number of anilines is 3. The number of ether oxygens (including phenoxy) is 1. The van der Waals surface area contributed by atoms with Crippen molar-refractivity contribution in [3.63, 3.8) is 0 Å². The number of aromatic nitrogens is 2. The second-order valence-electron chi connectivity index (χ2n) is 5.68. The van der Waals surface area contributed by atoms with E-state index in [0.717, 1.165) is 36.5 Å². The van der Waals surface area contributed by atoms with Crippen LogP contribution in [-0.2, 0) is 4.74 Å². The number of nitrogens with one attached hydrogen (secondary N) is 3. The summed E-state index contributed by atoms with van der Waals surface area (Å²) in [6, 6.07) is 7.43. The number of nitrogens with zero attached hydrogens (tertiary/aromatic N) is 1. The van der Waals surface area contributed by atoms with Crippen LogP contribution in [0, 0.1) is 0 Å². The third-order valence-electron chi connectivity index (χ3n) is 4.29. The Morgan fingerprint density at radius 1 is 1.32 bits per heavy atom. The summed E-state index contributed by atoms with van der Waals surface area (Å²) in [5.74, 6) is 1.45. The lowest BCUT2D eigenvalue weighted by molar-refractivity contribution is 0.108. The van der Waals surface area contributed by atoms with E-state index in [0.29, 0.717) is 17.7 Å². The second-order valence-corrected chi connectivity index (χ2v) is 5.68. The van der Waals surface area contributed by atoms with Crippen molar-refractivity contribution in [1.29, 1.82) is 0 Å². The molecule has 2 unspecified atom stereocenters. The molecule has 118 valence electrons. The Balaban J connectivity index is 1.68. The standard InChI is InChI=1S/C16H22N4O2/c1-17-13-6-4-11(8-15(13)21)18-16-9-14(19-20-16)10-3-5-12(7-10)22-2/h4,6,8-10,12,17,21H,3,5,7H2,1-2H3,(H2,18,19,20). The summed E-state index contributed by atoms with van der Waals surface area (Å²) in [5.41, 5.74) is 2.64. The van der Waals surface area contributed by atoms with Gasteiger partial charge in [-0.2, -0.15) is 5.10 Å². The zero-order valence-corrected chi connectivity index (χ0v) is 12.9. The first-order chi connectivity index (χ1) is 10.7. The Hall–Kier alpha value is -2.21. The molecule has 3 rings (SSSR count). The summed E-state index contributed by atoms with van der Waals surface area (Å²) in [4.78, 5) is 0. The molecule has 1 aliphatic rings. The van der Waals surface area contributed by atoms with Crippen molar-refractivity contribution in [2.75, 3.05) is 24.8 Å². The number of hydrogen-bond acceptors (Lipinski definition) is 5. The lowest BCUT2D eigenvalue weighted by Crippen LogP contribution is -2.04. The van der Waals surface area contributed by atoms with E-state index in [-0.39, 0.29) is 5.75 Å². The minimum Gasteiger partial charge on any atom is -0.506 e. The van der Waals surface area contributed by atoms with E-state index in [9.17, 15) is 5.11 Å². The Labute approximate surface area is 129 Å². The van der Waals surface area contributed by atoms with Gasteiger partial charge in [-0.25, -0.2) is 0 Å². The Bertz CT molecular complexity index is 641. The van der Waals surface area contributed by atoms with Gasteiger partial charge in [-0.05, 0) is 31.4 Å². The second kappa shape index (κ2) is 6.27. The molecule has 1 aromatic heterocycles. The molecule has 1 saturated carbocycles. The highest BCUT2D eigenvalue weighted by Gasteiger charge is 2.27. The van der Waals surface area contributed by atoms with Crippen LogP contribution in [0.3, 0.4) is 0 Å². The van der Waals surface area contributed by atoms with Gasteiger partial charge in [0.25, 0.3) is 0 Å². The molecule has 2 aromatic rings. The number of hydrogen-bond donors (Lipinski definition) is 4. The van der Waals surface area contributed by atoms with Gasteiger partial charge in [0.1, 0.15) is 5.75 Å². The largest absolute Gasteiger partial charge is 0.506 e. The first-order valence-electron chi connectivity index (χ1n) is 7.55. The monoisotopic (exact) mass is 302 g/mol. The van der Waals surface area contributed by atoms with Crippen molar-refractivity contribution in [3.05, 3.63) is 30.0 Å². The fourth-order valence-electron chi connectivity index (χ4n) is 3.02. The van der Waals surface area contributed by atoms with Crippen LogP contribution in [0.15, 0.2) is 24.3 Å². The summed E-state index contributed by atoms with van der Waals surface area (Å²) in [6.07, 6.45) is 3.62. The van der Waals surface area contributed by atoms with Crippen LogP contribution in [0.2, 0.25) is 0 Å². The van der Waals surface area contributed by atoms with Crippen LogP contribution in [0.25, 0.3) is 0 Å². The molecule has 0 radical (unpaired) electrons. The van der Waals surface area contributed by atoms with Gasteiger partial charge >= 0.3 is 0 Å². The van der Waals surface area contributed by atoms with Crippen molar-refractivity contribution in [3.8, 4) is 5.75 Å². The van der Waals surface area contributed by atoms with E-state index in [2.05, 4.69) is 20.8 Å². The number of H-pyrrole nitrogens is 1. The smallest absolute Gasteiger partial charge is 0.152 e. The van der Waals surface area contributed by atoms with Crippen molar-refractivity contribution in [1.82, 2.24) is 10.2 Å². The molecule has 0 bridgehead atoms. The minimum absolute atomic E-state index is 0.210. The zero-order valence-electron chi connectivity index (χ0n) is 12.9. The van der Waals surface area contributed by atoms with Crippen LogP contribution in [0.5, 0.6) is 5.75 Å². The van der Waals surface area contributed by atoms with Crippen LogP contribution >= 0.6 is 0 Å². The fourth-order valence-corrected chi connectivity index (χ4v) is 3.02. The van der Waals surface area contributed by atoms with Gasteiger partial charge in [0.2, 0.25) is 0 Å². The van der Waals surface area contributed by atoms with Gasteiger partial charge < -0.3 is 20.5 Å². The van der Waals surface area contributed by atoms with E-state index in [1.165, 1.54) is 0 Å². The Morgan fingerprint density at radius 3 is 2.86 bits per heavy atom. The van der Waals surface area contributed by atoms with Gasteiger partial charge in [-0.1, -0.05) is 0 Å². The molecule has 6 nitrogen and oxygen atoms in total. The molecule has 2 atom stereocenters. The lowest BCUT2D eigenvalue weighted by atomic mass is 10.0. The highest BCUT2D eigenvalue weighted by Crippen LogP contribution is 2.36. The third-order valence-corrected chi connectivity index (χ3v) is 4.29. The average molecular weight is 302 g/mol. The van der Waals surface area contributed by atoms with E-state index >= 15 is 0 Å². The molecule has 22 heavy (non-hydrogen) atoms. The molecule has 0 amide bonds. The number of phenols is 1. The number of aromatic hydroxyl groups is 1. The number of phenolic OH excluding ortho intramolecular Hbond substituents is 1. The van der Waals surface area contributed by atoms with E-state index in [4.69, 9.17) is 4.74 Å². The molecule has 6 heteroatoms. The molecule has 1 fully saturated rings. The van der Waals surface area contributed by atoms with Crippen molar-refractivity contribution < 1.29 is 9.84 Å². The SMILES string of the molecule is CNc1ccc(Nc2cc(C3CCC(OC)C3)[nH]n2)cc1O. The lowest BCUT2D eigenvalue weighted by Gasteiger charge is -2.08. The van der Waals surface area contributed by atoms with Crippen molar-refractivity contribution in [2.24, 2.45) is 0 Å². The zero-order chi connectivity index (χ0) is 15.5. The van der Waals surface area contributed by atoms with Gasteiger partial charge in [0.05, 0.1) is 11.8 Å². The van der Waals surface area contributed by atoms with Crippen molar-refractivity contribution >= 4 is 17.2 Å². The third kappa shape index (κ3) is 3.01. The summed E-state index contributed by atoms with van der Waals surface area (Å²) in [6.45, 7) is 0. The number of methoxy groups -OCH3 is 1. The van der Waals surface area contributed by atoms with Crippen LogP contribution in [-0.4, -0.2) is 35.6 Å². The summed E-state index contributed by atoms with van der Waals surface area (Å²) < 4.78 is 5.42. The molecule has 0 aliphatic heterocycles. The Kier molecular flexibility index (Phi) is 4.20. The van der Waals surface area contributed by atoms with E-state index < -0.39 is 0 Å². The maximum atomic E-state index is 9.86. The number of aromatic amines is 1. The maximum absolute atomic E-state index is 9.86. The minimum atomic E-state index is 0.210. The maximum Gasteiger partial charge on any atom is 0.152 e. The van der Waals surface area contributed by atoms with Crippen LogP contribution in [0.4, 0.5) is 17.2 Å². The average Bonchev–Trinajstić information content (AvgIpc) is 3.16. The number of rotatable bonds is 5. The quantitative estimate of drug-likeness (QED) is 0.638. The van der Waals surface area contributed by atoms with Crippen LogP contribution < -0.4 is 10.6 Å². The number of benzene rings is 1. The molecule has 1 heterocycles. The predicted octanol–water partition coefficient (Wildman–Crippen LogP) is 3.18. The summed E-state index contributed by atoms with van der Waals surface area (Å²) >= 11 is 0. The normalized spacial score (nSPS) is 21.0. The highest BCUT2D eigenvalue weighted by atomic mass is 16.5. The molecule has 4 N–H and O–H groups in total. The molecule has 0 spiro atoms. The van der Waals surface area contributed by atoms with Gasteiger partial charge in [0.15, 0.2) is 5.82 Å². The molecule has 1 aliphatic carbocycles. The van der Waals surface area contributed by atoms with Gasteiger partial charge in [-0.3, -0.25) is 5.10 Å².